The van der Waals surface area contributed by atoms with E-state index in [2.05, 4.69) is 10.1 Å². The van der Waals surface area contributed by atoms with E-state index in [0.717, 1.165) is 19.4 Å². The molecule has 0 saturated carbocycles. The topological polar surface area (TPSA) is 85.5 Å². The summed E-state index contributed by atoms with van der Waals surface area (Å²) in [6, 6.07) is 0. The standard InChI is InChI=1S/C14H22N2O4/c1-9(2)14(3,13(17)18)7-11-15-12(16-20-11)10-5-4-6-19-8-10/h9-10H,4-8H2,1-3H3,(H,17,18). The van der Waals surface area contributed by atoms with Gasteiger partial charge in [-0.2, -0.15) is 4.98 Å². The Hall–Kier alpha value is -1.43. The average Bonchev–Trinajstić information content (AvgIpc) is 2.87. The maximum absolute atomic E-state index is 11.5. The van der Waals surface area contributed by atoms with Crippen LogP contribution in [0.25, 0.3) is 0 Å². The van der Waals surface area contributed by atoms with Crippen molar-refractivity contribution in [2.24, 2.45) is 11.3 Å². The molecule has 0 bridgehead atoms. The lowest BCUT2D eigenvalue weighted by atomic mass is 9.76. The summed E-state index contributed by atoms with van der Waals surface area (Å²) in [5, 5.41) is 13.4. The molecular weight excluding hydrogens is 260 g/mol. The molecule has 1 aliphatic heterocycles. The van der Waals surface area contributed by atoms with Crippen molar-refractivity contribution in [3.63, 3.8) is 0 Å². The van der Waals surface area contributed by atoms with E-state index in [1.807, 2.05) is 13.8 Å². The van der Waals surface area contributed by atoms with E-state index in [4.69, 9.17) is 9.26 Å². The van der Waals surface area contributed by atoms with Crippen LogP contribution >= 0.6 is 0 Å². The first-order chi connectivity index (χ1) is 9.43. The molecule has 1 aromatic heterocycles. The van der Waals surface area contributed by atoms with Crippen molar-refractivity contribution in [1.29, 1.82) is 0 Å². The molecule has 2 rings (SSSR count). The molecule has 1 saturated heterocycles. The third kappa shape index (κ3) is 3.00. The summed E-state index contributed by atoms with van der Waals surface area (Å²) in [5.74, 6) is 0.332. The van der Waals surface area contributed by atoms with Crippen molar-refractivity contribution < 1.29 is 19.2 Å². The Labute approximate surface area is 118 Å². The highest BCUT2D eigenvalue weighted by Gasteiger charge is 2.39. The van der Waals surface area contributed by atoms with Crippen LogP contribution in [0.2, 0.25) is 0 Å². The number of hydrogen-bond donors (Lipinski definition) is 1. The number of nitrogens with zero attached hydrogens (tertiary/aromatic N) is 2. The second kappa shape index (κ2) is 5.91. The van der Waals surface area contributed by atoms with Gasteiger partial charge < -0.3 is 14.4 Å². The minimum atomic E-state index is -0.896. The van der Waals surface area contributed by atoms with Gasteiger partial charge in [0.25, 0.3) is 0 Å². The average molecular weight is 282 g/mol. The Morgan fingerprint density at radius 2 is 2.30 bits per heavy atom. The third-order valence-electron chi connectivity index (χ3n) is 4.29. The fourth-order valence-corrected chi connectivity index (χ4v) is 2.29. The van der Waals surface area contributed by atoms with Crippen LogP contribution in [0.3, 0.4) is 0 Å². The number of rotatable bonds is 5. The van der Waals surface area contributed by atoms with Gasteiger partial charge in [-0.25, -0.2) is 0 Å². The second-order valence-electron chi connectivity index (χ2n) is 6.01. The normalized spacial score (nSPS) is 22.7. The molecule has 6 nitrogen and oxygen atoms in total. The summed E-state index contributed by atoms with van der Waals surface area (Å²) >= 11 is 0. The predicted octanol–water partition coefficient (Wildman–Crippen LogP) is 2.25. The number of hydrogen-bond acceptors (Lipinski definition) is 5. The van der Waals surface area contributed by atoms with Crippen LogP contribution in [0.1, 0.15) is 51.2 Å². The quantitative estimate of drug-likeness (QED) is 0.891. The SMILES string of the molecule is CC(C)C(C)(Cc1nc(C2CCCOC2)no1)C(=O)O. The van der Waals surface area contributed by atoms with Gasteiger partial charge in [0.05, 0.1) is 12.0 Å². The van der Waals surface area contributed by atoms with Crippen molar-refractivity contribution in [3.05, 3.63) is 11.7 Å². The third-order valence-corrected chi connectivity index (χ3v) is 4.29. The van der Waals surface area contributed by atoms with Crippen molar-refractivity contribution >= 4 is 5.97 Å². The first-order valence-electron chi connectivity index (χ1n) is 7.07. The fourth-order valence-electron chi connectivity index (χ4n) is 2.29. The van der Waals surface area contributed by atoms with Crippen LogP contribution in [-0.2, 0) is 16.0 Å². The predicted molar refractivity (Wildman–Crippen MR) is 71.4 cm³/mol. The number of aliphatic carboxylic acids is 1. The Morgan fingerprint density at radius 1 is 1.55 bits per heavy atom. The van der Waals surface area contributed by atoms with Crippen molar-refractivity contribution in [2.75, 3.05) is 13.2 Å². The van der Waals surface area contributed by atoms with Crippen molar-refractivity contribution in [1.82, 2.24) is 10.1 Å². The number of carbonyl (C=O) groups is 1. The van der Waals surface area contributed by atoms with Crippen LogP contribution in [0.15, 0.2) is 4.52 Å². The first-order valence-corrected chi connectivity index (χ1v) is 7.07. The van der Waals surface area contributed by atoms with Gasteiger partial charge in [-0.3, -0.25) is 4.79 Å². The van der Waals surface area contributed by atoms with Gasteiger partial charge >= 0.3 is 5.97 Å². The number of ether oxygens (including phenoxy) is 1. The van der Waals surface area contributed by atoms with Gasteiger partial charge in [0.1, 0.15) is 0 Å². The van der Waals surface area contributed by atoms with Crippen molar-refractivity contribution in [2.45, 2.75) is 46.0 Å². The van der Waals surface area contributed by atoms with Crippen LogP contribution in [0.5, 0.6) is 0 Å². The van der Waals surface area contributed by atoms with E-state index >= 15 is 0 Å². The molecule has 0 amide bonds. The minimum Gasteiger partial charge on any atom is -0.481 e. The van der Waals surface area contributed by atoms with Gasteiger partial charge in [0.2, 0.25) is 5.89 Å². The molecule has 1 fully saturated rings. The summed E-state index contributed by atoms with van der Waals surface area (Å²) in [7, 11) is 0. The molecule has 112 valence electrons. The molecule has 1 N–H and O–H groups in total. The Bertz CT molecular complexity index is 465. The molecule has 1 aromatic rings. The molecule has 20 heavy (non-hydrogen) atoms. The molecule has 0 spiro atoms. The van der Waals surface area contributed by atoms with E-state index in [1.54, 1.807) is 6.92 Å². The Balaban J connectivity index is 2.10. The monoisotopic (exact) mass is 282 g/mol. The highest BCUT2D eigenvalue weighted by Crippen LogP contribution is 2.32. The molecule has 6 heteroatoms. The lowest BCUT2D eigenvalue weighted by molar-refractivity contribution is -0.150. The molecule has 2 unspecified atom stereocenters. The van der Waals surface area contributed by atoms with Gasteiger partial charge in [0, 0.05) is 18.9 Å². The zero-order chi connectivity index (χ0) is 14.8. The van der Waals surface area contributed by atoms with E-state index in [1.165, 1.54) is 0 Å². The maximum Gasteiger partial charge on any atom is 0.310 e. The number of aromatic nitrogens is 2. The molecule has 2 heterocycles. The Kier molecular flexibility index (Phi) is 4.42. The van der Waals surface area contributed by atoms with Gasteiger partial charge in [-0.05, 0) is 25.7 Å². The fraction of sp³-hybridized carbons (Fsp3) is 0.786. The van der Waals surface area contributed by atoms with Crippen LogP contribution in [-0.4, -0.2) is 34.4 Å². The molecule has 0 aromatic carbocycles. The van der Waals surface area contributed by atoms with E-state index in [-0.39, 0.29) is 18.3 Å². The second-order valence-corrected chi connectivity index (χ2v) is 6.01. The smallest absolute Gasteiger partial charge is 0.310 e. The first kappa shape index (κ1) is 15.0. The summed E-state index contributed by atoms with van der Waals surface area (Å²) in [5.41, 5.74) is -0.896. The zero-order valence-electron chi connectivity index (χ0n) is 12.3. The molecule has 0 aliphatic carbocycles. The summed E-state index contributed by atoms with van der Waals surface area (Å²) in [6.45, 7) is 6.89. The molecule has 1 aliphatic rings. The summed E-state index contributed by atoms with van der Waals surface area (Å²) in [4.78, 5) is 15.8. The van der Waals surface area contributed by atoms with Gasteiger partial charge in [-0.1, -0.05) is 19.0 Å². The maximum atomic E-state index is 11.5. The molecule has 2 atom stereocenters. The Morgan fingerprint density at radius 3 is 2.85 bits per heavy atom. The lowest BCUT2D eigenvalue weighted by Gasteiger charge is -2.27. The highest BCUT2D eigenvalue weighted by molar-refractivity contribution is 5.74. The lowest BCUT2D eigenvalue weighted by Crippen LogP contribution is -2.35. The van der Waals surface area contributed by atoms with Crippen LogP contribution in [0.4, 0.5) is 0 Å². The van der Waals surface area contributed by atoms with Crippen molar-refractivity contribution in [3.8, 4) is 0 Å². The summed E-state index contributed by atoms with van der Waals surface area (Å²) < 4.78 is 10.6. The molecule has 0 radical (unpaired) electrons. The van der Waals surface area contributed by atoms with E-state index in [0.29, 0.717) is 18.3 Å². The highest BCUT2D eigenvalue weighted by atomic mass is 16.5. The summed E-state index contributed by atoms with van der Waals surface area (Å²) in [6.07, 6.45) is 2.23. The van der Waals surface area contributed by atoms with E-state index in [9.17, 15) is 9.90 Å². The number of carboxylic acid groups (broad SMARTS) is 1. The number of carboxylic acids is 1. The van der Waals surface area contributed by atoms with E-state index < -0.39 is 11.4 Å². The minimum absolute atomic E-state index is 0.0200. The van der Waals surface area contributed by atoms with Gasteiger partial charge in [-0.15, -0.1) is 0 Å². The van der Waals surface area contributed by atoms with Crippen LogP contribution in [0, 0.1) is 11.3 Å². The van der Waals surface area contributed by atoms with Crippen LogP contribution < -0.4 is 0 Å². The largest absolute Gasteiger partial charge is 0.481 e. The molecular formula is C14H22N2O4. The van der Waals surface area contributed by atoms with Gasteiger partial charge in [0.15, 0.2) is 5.82 Å². The zero-order valence-corrected chi connectivity index (χ0v) is 12.3.